The zero-order valence-corrected chi connectivity index (χ0v) is 11.3. The Morgan fingerprint density at radius 1 is 1.14 bits per heavy atom. The lowest BCUT2D eigenvalue weighted by atomic mass is 10.3. The van der Waals surface area contributed by atoms with Crippen LogP contribution in [0.25, 0.3) is 5.69 Å². The van der Waals surface area contributed by atoms with Gasteiger partial charge in [0, 0.05) is 24.7 Å². The molecule has 21 heavy (non-hydrogen) atoms. The van der Waals surface area contributed by atoms with Gasteiger partial charge < -0.3 is 0 Å². The number of pyridine rings is 1. The van der Waals surface area contributed by atoms with Gasteiger partial charge in [0.2, 0.25) is 5.82 Å². The first-order chi connectivity index (χ1) is 10.2. The van der Waals surface area contributed by atoms with Crippen LogP contribution in [0.3, 0.4) is 0 Å². The fourth-order valence-electron chi connectivity index (χ4n) is 1.58. The summed E-state index contributed by atoms with van der Waals surface area (Å²) in [5, 5.41) is 4.28. The van der Waals surface area contributed by atoms with Crippen LogP contribution in [0.15, 0.2) is 43.1 Å². The van der Waals surface area contributed by atoms with Crippen LogP contribution in [0.4, 0.5) is 4.39 Å². The summed E-state index contributed by atoms with van der Waals surface area (Å²) in [5.74, 6) is 5.54. The average Bonchev–Trinajstić information content (AvgIpc) is 2.87. The second-order valence-electron chi connectivity index (χ2n) is 3.96. The number of hydrogen-bond donors (Lipinski definition) is 0. The molecule has 5 nitrogen and oxygen atoms in total. The van der Waals surface area contributed by atoms with E-state index in [1.54, 1.807) is 24.7 Å². The van der Waals surface area contributed by atoms with Gasteiger partial charge in [-0.3, -0.25) is 4.98 Å². The first kappa shape index (κ1) is 13.2. The second kappa shape index (κ2) is 5.69. The Balaban J connectivity index is 1.94. The lowest BCUT2D eigenvalue weighted by Crippen LogP contribution is -1.95. The van der Waals surface area contributed by atoms with Gasteiger partial charge in [0.05, 0.1) is 23.6 Å². The van der Waals surface area contributed by atoms with Gasteiger partial charge in [0.1, 0.15) is 5.82 Å². The summed E-state index contributed by atoms with van der Waals surface area (Å²) < 4.78 is 14.6. The first-order valence-corrected chi connectivity index (χ1v) is 6.25. The Bertz CT molecular complexity index is 835. The topological polar surface area (TPSA) is 56.5 Å². The van der Waals surface area contributed by atoms with Crippen molar-refractivity contribution in [2.75, 3.05) is 0 Å². The maximum Gasteiger partial charge on any atom is 0.205 e. The van der Waals surface area contributed by atoms with Crippen molar-refractivity contribution in [1.29, 1.82) is 0 Å². The number of halogens is 2. The van der Waals surface area contributed by atoms with Crippen molar-refractivity contribution >= 4 is 11.6 Å². The molecule has 0 aliphatic rings. The predicted molar refractivity (Wildman–Crippen MR) is 74.3 cm³/mol. The Labute approximate surface area is 124 Å². The van der Waals surface area contributed by atoms with Crippen molar-refractivity contribution in [2.45, 2.75) is 0 Å². The number of nitrogens with zero attached hydrogens (tertiary/aromatic N) is 5. The molecule has 0 aromatic carbocycles. The van der Waals surface area contributed by atoms with E-state index in [0.717, 1.165) is 6.20 Å². The molecule has 0 N–H and O–H groups in total. The van der Waals surface area contributed by atoms with Crippen LogP contribution in [-0.4, -0.2) is 24.7 Å². The van der Waals surface area contributed by atoms with Crippen molar-refractivity contribution in [3.8, 4) is 17.5 Å². The molecule has 0 radical (unpaired) electrons. The molecule has 0 atom stereocenters. The van der Waals surface area contributed by atoms with Crippen molar-refractivity contribution in [1.82, 2.24) is 24.7 Å². The van der Waals surface area contributed by atoms with E-state index in [-0.39, 0.29) is 5.15 Å². The zero-order chi connectivity index (χ0) is 14.7. The minimum atomic E-state index is -0.454. The van der Waals surface area contributed by atoms with Crippen LogP contribution in [0.2, 0.25) is 5.15 Å². The SMILES string of the molecule is Fc1cncc(-n2cc(C#Cc3ncccn3)c(Cl)n2)c1. The Morgan fingerprint density at radius 2 is 1.95 bits per heavy atom. The molecule has 3 aromatic rings. The fourth-order valence-corrected chi connectivity index (χ4v) is 1.76. The summed E-state index contributed by atoms with van der Waals surface area (Å²) in [7, 11) is 0. The normalized spacial score (nSPS) is 10.0. The quantitative estimate of drug-likeness (QED) is 0.647. The summed E-state index contributed by atoms with van der Waals surface area (Å²) in [6, 6.07) is 3.00. The summed E-state index contributed by atoms with van der Waals surface area (Å²) in [6.45, 7) is 0. The van der Waals surface area contributed by atoms with Gasteiger partial charge in [0.25, 0.3) is 0 Å². The zero-order valence-electron chi connectivity index (χ0n) is 10.5. The fraction of sp³-hybridized carbons (Fsp3) is 0. The lowest BCUT2D eigenvalue weighted by Gasteiger charge is -1.98. The molecular weight excluding hydrogens is 293 g/mol. The van der Waals surface area contributed by atoms with Crippen LogP contribution in [-0.2, 0) is 0 Å². The van der Waals surface area contributed by atoms with Gasteiger partial charge in [0.15, 0.2) is 5.15 Å². The Morgan fingerprint density at radius 3 is 2.71 bits per heavy atom. The van der Waals surface area contributed by atoms with Crippen LogP contribution < -0.4 is 0 Å². The van der Waals surface area contributed by atoms with Crippen molar-refractivity contribution in [3.63, 3.8) is 0 Å². The van der Waals surface area contributed by atoms with Crippen LogP contribution in [0.5, 0.6) is 0 Å². The summed E-state index contributed by atoms with van der Waals surface area (Å²) in [4.78, 5) is 11.7. The molecule has 0 saturated heterocycles. The third-order valence-corrected chi connectivity index (χ3v) is 2.78. The summed E-state index contributed by atoms with van der Waals surface area (Å²) in [6.07, 6.45) is 7.38. The van der Waals surface area contributed by atoms with E-state index in [2.05, 4.69) is 31.9 Å². The Hall–Kier alpha value is -2.78. The smallest absolute Gasteiger partial charge is 0.205 e. The molecule has 0 spiro atoms. The minimum Gasteiger partial charge on any atom is -0.259 e. The van der Waals surface area contributed by atoms with Crippen molar-refractivity contribution in [2.24, 2.45) is 0 Å². The largest absolute Gasteiger partial charge is 0.259 e. The summed E-state index contributed by atoms with van der Waals surface area (Å²) >= 11 is 6.01. The highest BCUT2D eigenvalue weighted by atomic mass is 35.5. The summed E-state index contributed by atoms with van der Waals surface area (Å²) in [5.41, 5.74) is 0.953. The third kappa shape index (κ3) is 3.04. The minimum absolute atomic E-state index is 0.211. The molecule has 3 heterocycles. The van der Waals surface area contributed by atoms with E-state index >= 15 is 0 Å². The van der Waals surface area contributed by atoms with Crippen molar-refractivity contribution < 1.29 is 4.39 Å². The van der Waals surface area contributed by atoms with Crippen LogP contribution in [0.1, 0.15) is 11.4 Å². The standard InChI is InChI=1S/C14H7ClFN5/c15-14-10(2-3-13-18-4-1-5-19-13)9-21(20-14)12-6-11(16)7-17-8-12/h1,4-9H. The molecular formula is C14H7ClFN5. The van der Waals surface area contributed by atoms with Gasteiger partial charge in [-0.05, 0) is 12.0 Å². The molecule has 0 fully saturated rings. The van der Waals surface area contributed by atoms with Gasteiger partial charge in [-0.1, -0.05) is 17.5 Å². The molecule has 3 aromatic heterocycles. The molecule has 7 heteroatoms. The van der Waals surface area contributed by atoms with E-state index in [1.807, 2.05) is 0 Å². The van der Waals surface area contributed by atoms with E-state index in [4.69, 9.17) is 11.6 Å². The Kier molecular flexibility index (Phi) is 3.58. The molecule has 102 valence electrons. The highest BCUT2D eigenvalue weighted by Crippen LogP contribution is 2.16. The lowest BCUT2D eigenvalue weighted by molar-refractivity contribution is 0.618. The van der Waals surface area contributed by atoms with Crippen LogP contribution in [0, 0.1) is 17.7 Å². The highest BCUT2D eigenvalue weighted by Gasteiger charge is 2.07. The molecule has 0 unspecified atom stereocenters. The van der Waals surface area contributed by atoms with Crippen LogP contribution >= 0.6 is 11.6 Å². The maximum atomic E-state index is 13.1. The number of hydrogen-bond acceptors (Lipinski definition) is 4. The molecule has 0 bridgehead atoms. The van der Waals surface area contributed by atoms with Crippen molar-refractivity contribution in [3.05, 3.63) is 65.5 Å². The number of aromatic nitrogens is 5. The monoisotopic (exact) mass is 299 g/mol. The average molecular weight is 300 g/mol. The third-order valence-electron chi connectivity index (χ3n) is 2.50. The van der Waals surface area contributed by atoms with E-state index < -0.39 is 5.82 Å². The van der Waals surface area contributed by atoms with Gasteiger partial charge >= 0.3 is 0 Å². The first-order valence-electron chi connectivity index (χ1n) is 5.87. The molecule has 0 aliphatic carbocycles. The van der Waals surface area contributed by atoms with Gasteiger partial charge in [-0.15, -0.1) is 0 Å². The molecule has 0 saturated carbocycles. The molecule has 0 amide bonds. The van der Waals surface area contributed by atoms with E-state index in [0.29, 0.717) is 17.1 Å². The molecule has 0 aliphatic heterocycles. The molecule has 3 rings (SSSR count). The maximum absolute atomic E-state index is 13.1. The predicted octanol–water partition coefficient (Wildman–Crippen LogP) is 2.25. The van der Waals surface area contributed by atoms with E-state index in [9.17, 15) is 4.39 Å². The number of rotatable bonds is 1. The van der Waals surface area contributed by atoms with E-state index in [1.165, 1.54) is 16.9 Å². The second-order valence-corrected chi connectivity index (χ2v) is 4.32. The van der Waals surface area contributed by atoms with Gasteiger partial charge in [-0.2, -0.15) is 5.10 Å². The van der Waals surface area contributed by atoms with Gasteiger partial charge in [-0.25, -0.2) is 19.0 Å². The highest BCUT2D eigenvalue weighted by molar-refractivity contribution is 6.30.